The lowest BCUT2D eigenvalue weighted by Gasteiger charge is -2.14. The number of nitrogens with one attached hydrogen (secondary N) is 1. The Bertz CT molecular complexity index is 904. The number of amides is 2. The van der Waals surface area contributed by atoms with Crippen LogP contribution in [0.1, 0.15) is 17.5 Å². The van der Waals surface area contributed by atoms with Crippen LogP contribution in [0, 0.1) is 13.8 Å². The average Bonchev–Trinajstić information content (AvgIpc) is 2.95. The van der Waals surface area contributed by atoms with Gasteiger partial charge in [-0.25, -0.2) is 4.99 Å². The normalized spacial score (nSPS) is 17.8. The maximum Gasteiger partial charge on any atom is 0.242 e. The maximum atomic E-state index is 12.8. The second-order valence-corrected chi connectivity index (χ2v) is 7.76. The van der Waals surface area contributed by atoms with Crippen LogP contribution in [0.2, 0.25) is 0 Å². The molecule has 144 valence electrons. The molecule has 1 fully saturated rings. The van der Waals surface area contributed by atoms with Crippen LogP contribution in [-0.4, -0.2) is 33.7 Å². The fraction of sp³-hybridized carbons (Fsp3) is 0.227. The molecular weight excluding hydrogens is 370 g/mol. The summed E-state index contributed by atoms with van der Waals surface area (Å²) >= 11 is 1.33. The molecule has 0 radical (unpaired) electrons. The van der Waals surface area contributed by atoms with E-state index in [1.54, 1.807) is 11.0 Å². The molecule has 5 nitrogen and oxygen atoms in total. The summed E-state index contributed by atoms with van der Waals surface area (Å²) in [5, 5.41) is 3.06. The van der Waals surface area contributed by atoms with Gasteiger partial charge in [0.15, 0.2) is 5.17 Å². The van der Waals surface area contributed by atoms with Gasteiger partial charge in [0.05, 0.1) is 5.69 Å². The predicted octanol–water partition coefficient (Wildman–Crippen LogP) is 4.45. The Labute approximate surface area is 169 Å². The molecule has 1 saturated heterocycles. The van der Waals surface area contributed by atoms with E-state index in [-0.39, 0.29) is 18.2 Å². The summed E-state index contributed by atoms with van der Waals surface area (Å²) in [6, 6.07) is 15.3. The molecule has 0 aliphatic carbocycles. The first-order chi connectivity index (χ1) is 13.5. The minimum Gasteiger partial charge on any atom is -0.326 e. The molecule has 2 aromatic carbocycles. The van der Waals surface area contributed by atoms with Crippen molar-refractivity contribution >= 4 is 40.1 Å². The number of thioether (sulfide) groups is 1. The minimum atomic E-state index is -0.494. The van der Waals surface area contributed by atoms with Gasteiger partial charge in [0.2, 0.25) is 11.8 Å². The Morgan fingerprint density at radius 1 is 1.18 bits per heavy atom. The zero-order valence-corrected chi connectivity index (χ0v) is 16.8. The van der Waals surface area contributed by atoms with Gasteiger partial charge in [0.25, 0.3) is 0 Å². The number of aliphatic imine (C=N–C) groups is 1. The highest BCUT2D eigenvalue weighted by Gasteiger charge is 2.38. The van der Waals surface area contributed by atoms with Crippen LogP contribution in [0.3, 0.4) is 0 Å². The van der Waals surface area contributed by atoms with Crippen molar-refractivity contribution in [3.8, 4) is 0 Å². The molecular formula is C22H23N3O2S. The van der Waals surface area contributed by atoms with Crippen molar-refractivity contribution in [2.24, 2.45) is 4.99 Å². The summed E-state index contributed by atoms with van der Waals surface area (Å²) in [5.74, 6) is -0.293. The third-order valence-electron chi connectivity index (χ3n) is 4.43. The molecule has 1 aliphatic heterocycles. The quantitative estimate of drug-likeness (QED) is 0.738. The van der Waals surface area contributed by atoms with Crippen LogP contribution >= 0.6 is 11.8 Å². The highest BCUT2D eigenvalue weighted by atomic mass is 32.2. The molecule has 2 aromatic rings. The lowest BCUT2D eigenvalue weighted by atomic mass is 10.1. The number of carbonyl (C=O) groups excluding carboxylic acids is 2. The lowest BCUT2D eigenvalue weighted by Crippen LogP contribution is -2.33. The van der Waals surface area contributed by atoms with Crippen molar-refractivity contribution in [1.82, 2.24) is 4.90 Å². The second-order valence-electron chi connectivity index (χ2n) is 6.59. The highest BCUT2D eigenvalue weighted by Crippen LogP contribution is 2.32. The molecule has 28 heavy (non-hydrogen) atoms. The number of para-hydroxylation sites is 2. The highest BCUT2D eigenvalue weighted by molar-refractivity contribution is 8.15. The first-order valence-corrected chi connectivity index (χ1v) is 9.96. The molecule has 6 heteroatoms. The van der Waals surface area contributed by atoms with Crippen molar-refractivity contribution in [1.29, 1.82) is 0 Å². The Balaban J connectivity index is 1.75. The van der Waals surface area contributed by atoms with Crippen LogP contribution in [0.25, 0.3) is 0 Å². The van der Waals surface area contributed by atoms with E-state index in [0.717, 1.165) is 22.5 Å². The molecule has 1 aliphatic rings. The first kappa shape index (κ1) is 19.9. The number of rotatable bonds is 6. The number of hydrogen-bond donors (Lipinski definition) is 1. The fourth-order valence-electron chi connectivity index (χ4n) is 3.01. The van der Waals surface area contributed by atoms with Crippen LogP contribution in [-0.2, 0) is 9.59 Å². The monoisotopic (exact) mass is 393 g/mol. The SMILES string of the molecule is C=CCN1C(=O)[C@@H](CC(=O)Nc2c(C)cccc2C)SC1=Nc1ccccc1. The Kier molecular flexibility index (Phi) is 6.31. The molecule has 0 unspecified atom stereocenters. The fourth-order valence-corrected chi connectivity index (χ4v) is 4.17. The van der Waals surface area contributed by atoms with Crippen molar-refractivity contribution < 1.29 is 9.59 Å². The van der Waals surface area contributed by atoms with Crippen LogP contribution < -0.4 is 5.32 Å². The van der Waals surface area contributed by atoms with Crippen LogP contribution in [0.5, 0.6) is 0 Å². The Morgan fingerprint density at radius 2 is 1.86 bits per heavy atom. The summed E-state index contributed by atoms with van der Waals surface area (Å²) in [6.07, 6.45) is 1.76. The van der Waals surface area contributed by atoms with Gasteiger partial charge in [-0.15, -0.1) is 6.58 Å². The summed E-state index contributed by atoms with van der Waals surface area (Å²) in [4.78, 5) is 31.6. The number of nitrogens with zero attached hydrogens (tertiary/aromatic N) is 2. The van der Waals surface area contributed by atoms with Gasteiger partial charge >= 0.3 is 0 Å². The maximum absolute atomic E-state index is 12.8. The van der Waals surface area contributed by atoms with E-state index in [0.29, 0.717) is 11.7 Å². The second kappa shape index (κ2) is 8.89. The number of benzene rings is 2. The zero-order valence-electron chi connectivity index (χ0n) is 16.0. The summed E-state index contributed by atoms with van der Waals surface area (Å²) in [5.41, 5.74) is 3.58. The van der Waals surface area contributed by atoms with Crippen molar-refractivity contribution in [2.75, 3.05) is 11.9 Å². The number of hydrogen-bond acceptors (Lipinski definition) is 4. The van der Waals surface area contributed by atoms with E-state index in [1.165, 1.54) is 11.8 Å². The van der Waals surface area contributed by atoms with E-state index in [9.17, 15) is 9.59 Å². The molecule has 3 rings (SSSR count). The van der Waals surface area contributed by atoms with Gasteiger partial charge in [0, 0.05) is 18.7 Å². The topological polar surface area (TPSA) is 61.8 Å². The Morgan fingerprint density at radius 3 is 2.50 bits per heavy atom. The minimum absolute atomic E-state index is 0.0960. The number of aryl methyl sites for hydroxylation is 2. The third-order valence-corrected chi connectivity index (χ3v) is 5.60. The van der Waals surface area contributed by atoms with Gasteiger partial charge in [0.1, 0.15) is 5.25 Å². The average molecular weight is 394 g/mol. The molecule has 0 aromatic heterocycles. The first-order valence-electron chi connectivity index (χ1n) is 9.08. The van der Waals surface area contributed by atoms with E-state index in [4.69, 9.17) is 0 Å². The molecule has 0 bridgehead atoms. The molecule has 1 N–H and O–H groups in total. The molecule has 0 spiro atoms. The summed E-state index contributed by atoms with van der Waals surface area (Å²) < 4.78 is 0. The van der Waals surface area contributed by atoms with Crippen LogP contribution in [0.4, 0.5) is 11.4 Å². The van der Waals surface area contributed by atoms with E-state index >= 15 is 0 Å². The molecule has 2 amide bonds. The standard InChI is InChI=1S/C22H23N3O2S/c1-4-13-25-21(27)18(28-22(25)23-17-11-6-5-7-12-17)14-19(26)24-20-15(2)9-8-10-16(20)3/h4-12,18H,1,13-14H2,2-3H3,(H,24,26)/t18-/m1/s1. The summed E-state index contributed by atoms with van der Waals surface area (Å²) in [7, 11) is 0. The van der Waals surface area contributed by atoms with Gasteiger partial charge < -0.3 is 5.32 Å². The molecule has 1 heterocycles. The number of anilines is 1. The van der Waals surface area contributed by atoms with Gasteiger partial charge in [-0.05, 0) is 37.1 Å². The van der Waals surface area contributed by atoms with Crippen molar-refractivity contribution in [2.45, 2.75) is 25.5 Å². The van der Waals surface area contributed by atoms with Crippen molar-refractivity contribution in [3.63, 3.8) is 0 Å². The third kappa shape index (κ3) is 4.51. The molecule has 1 atom stereocenters. The number of amidine groups is 1. The lowest BCUT2D eigenvalue weighted by molar-refractivity contribution is -0.127. The van der Waals surface area contributed by atoms with Gasteiger partial charge in [-0.1, -0.05) is 54.2 Å². The predicted molar refractivity (Wildman–Crippen MR) is 116 cm³/mol. The summed E-state index contributed by atoms with van der Waals surface area (Å²) in [6.45, 7) is 8.00. The van der Waals surface area contributed by atoms with Crippen LogP contribution in [0.15, 0.2) is 66.2 Å². The van der Waals surface area contributed by atoms with Gasteiger partial charge in [-0.3, -0.25) is 14.5 Å². The smallest absolute Gasteiger partial charge is 0.242 e. The number of carbonyl (C=O) groups is 2. The Hall–Kier alpha value is -2.86. The van der Waals surface area contributed by atoms with E-state index in [2.05, 4.69) is 16.9 Å². The largest absolute Gasteiger partial charge is 0.326 e. The van der Waals surface area contributed by atoms with Gasteiger partial charge in [-0.2, -0.15) is 0 Å². The molecule has 0 saturated carbocycles. The van der Waals surface area contributed by atoms with E-state index in [1.807, 2.05) is 62.4 Å². The zero-order chi connectivity index (χ0) is 20.1. The van der Waals surface area contributed by atoms with E-state index < -0.39 is 5.25 Å². The van der Waals surface area contributed by atoms with Crippen molar-refractivity contribution in [3.05, 3.63) is 72.3 Å².